The van der Waals surface area contributed by atoms with Crippen molar-refractivity contribution >= 4 is 36.2 Å². The highest BCUT2D eigenvalue weighted by atomic mass is 32.1. The van der Waals surface area contributed by atoms with Crippen LogP contribution >= 0.6 is 12.6 Å². The van der Waals surface area contributed by atoms with E-state index in [-0.39, 0.29) is 17.6 Å². The largest absolute Gasteiger partial charge is 0.444 e. The Morgan fingerprint density at radius 3 is 2.11 bits per heavy atom. The molecule has 2 aromatic rings. The maximum Gasteiger partial charge on any atom is 0.408 e. The average molecular weight is 542 g/mol. The van der Waals surface area contributed by atoms with E-state index in [1.54, 1.807) is 25.7 Å². The summed E-state index contributed by atoms with van der Waals surface area (Å²) >= 11 is 4.36. The fourth-order valence-corrected chi connectivity index (χ4v) is 4.50. The zero-order chi connectivity index (χ0) is 28.6. The molecule has 0 heterocycles. The number of carbonyl (C=O) groups is 3. The summed E-state index contributed by atoms with van der Waals surface area (Å²) in [6.07, 6.45) is 0.811. The van der Waals surface area contributed by atoms with E-state index in [9.17, 15) is 14.4 Å². The molecule has 3 amide bonds. The van der Waals surface area contributed by atoms with Crippen molar-refractivity contribution in [3.63, 3.8) is 0 Å². The highest BCUT2D eigenvalue weighted by molar-refractivity contribution is 7.80. The molecule has 0 radical (unpaired) electrons. The first-order valence-electron chi connectivity index (χ1n) is 13.1. The topological polar surface area (TPSA) is 87.7 Å². The van der Waals surface area contributed by atoms with E-state index in [4.69, 9.17) is 4.74 Å². The number of nitrogens with one attached hydrogen (secondary N) is 2. The zero-order valence-corrected chi connectivity index (χ0v) is 24.9. The minimum atomic E-state index is -0.967. The van der Waals surface area contributed by atoms with Gasteiger partial charge >= 0.3 is 6.09 Å². The van der Waals surface area contributed by atoms with Crippen LogP contribution in [-0.2, 0) is 14.3 Å². The van der Waals surface area contributed by atoms with Gasteiger partial charge in [-0.3, -0.25) is 9.59 Å². The Hall–Kier alpha value is -3.00. The summed E-state index contributed by atoms with van der Waals surface area (Å²) in [6.45, 7) is 15.5. The number of benzene rings is 2. The van der Waals surface area contributed by atoms with Gasteiger partial charge in [-0.15, -0.1) is 0 Å². The van der Waals surface area contributed by atoms with Gasteiger partial charge in [0.2, 0.25) is 5.91 Å². The van der Waals surface area contributed by atoms with E-state index in [1.807, 2.05) is 71.0 Å². The van der Waals surface area contributed by atoms with Crippen molar-refractivity contribution in [1.29, 1.82) is 0 Å². The lowest BCUT2D eigenvalue weighted by molar-refractivity contribution is -0.140. The molecule has 2 aromatic carbocycles. The van der Waals surface area contributed by atoms with Crippen LogP contribution in [0.25, 0.3) is 0 Å². The second-order valence-corrected chi connectivity index (χ2v) is 11.1. The molecule has 0 spiro atoms. The van der Waals surface area contributed by atoms with Crippen LogP contribution in [0.1, 0.15) is 74.4 Å². The molecule has 0 saturated heterocycles. The predicted molar refractivity (Wildman–Crippen MR) is 157 cm³/mol. The van der Waals surface area contributed by atoms with Gasteiger partial charge in [0, 0.05) is 18.0 Å². The van der Waals surface area contributed by atoms with Crippen LogP contribution in [0.3, 0.4) is 0 Å². The number of carbonyl (C=O) groups excluding carboxylic acids is 3. The quantitative estimate of drug-likeness (QED) is 0.320. The summed E-state index contributed by atoms with van der Waals surface area (Å²) in [5, 5.41) is 5.76. The second-order valence-electron chi connectivity index (χ2n) is 10.7. The second kappa shape index (κ2) is 13.7. The number of anilines is 1. The van der Waals surface area contributed by atoms with Gasteiger partial charge in [-0.2, -0.15) is 12.6 Å². The van der Waals surface area contributed by atoms with E-state index < -0.39 is 23.8 Å². The molecule has 208 valence electrons. The molecule has 38 heavy (non-hydrogen) atoms. The van der Waals surface area contributed by atoms with Gasteiger partial charge in [-0.05, 0) is 82.7 Å². The molecule has 0 bridgehead atoms. The maximum absolute atomic E-state index is 14.1. The molecule has 2 unspecified atom stereocenters. The molecular weight excluding hydrogens is 498 g/mol. The third kappa shape index (κ3) is 8.25. The normalized spacial score (nSPS) is 12.9. The van der Waals surface area contributed by atoms with E-state index in [0.29, 0.717) is 13.0 Å². The zero-order valence-electron chi connectivity index (χ0n) is 24.0. The summed E-state index contributed by atoms with van der Waals surface area (Å²) in [6, 6.07) is 9.72. The maximum atomic E-state index is 14.1. The van der Waals surface area contributed by atoms with Crippen LogP contribution in [0.5, 0.6) is 0 Å². The Balaban J connectivity index is 2.57. The number of unbranched alkanes of at least 4 members (excludes halogenated alkanes) is 1. The number of nitrogens with zero attached hydrogens (tertiary/aromatic N) is 1. The molecule has 2 N–H and O–H groups in total. The van der Waals surface area contributed by atoms with Crippen LogP contribution in [0.4, 0.5) is 10.5 Å². The van der Waals surface area contributed by atoms with Gasteiger partial charge in [-0.1, -0.05) is 49.7 Å². The van der Waals surface area contributed by atoms with Crippen LogP contribution in [0, 0.1) is 27.7 Å². The van der Waals surface area contributed by atoms with E-state index >= 15 is 0 Å². The summed E-state index contributed by atoms with van der Waals surface area (Å²) in [5.41, 5.74) is 4.58. The van der Waals surface area contributed by atoms with Gasteiger partial charge in [-0.25, -0.2) is 4.79 Å². The van der Waals surface area contributed by atoms with E-state index in [1.165, 1.54) is 0 Å². The predicted octanol–water partition coefficient (Wildman–Crippen LogP) is 6.05. The summed E-state index contributed by atoms with van der Waals surface area (Å²) in [7, 11) is 0. The highest BCUT2D eigenvalue weighted by Crippen LogP contribution is 2.30. The number of para-hydroxylation sites is 1. The number of thiol groups is 1. The van der Waals surface area contributed by atoms with Crippen molar-refractivity contribution in [3.8, 4) is 0 Å². The Kier molecular flexibility index (Phi) is 11.2. The van der Waals surface area contributed by atoms with Gasteiger partial charge < -0.3 is 20.3 Å². The lowest BCUT2D eigenvalue weighted by Crippen LogP contribution is -2.53. The SMILES string of the molecule is CCCCN(C(=O)C(CS)NC(=O)OC(C)(C)C)C(C(=O)Nc1c(C)cccc1C)c1cccc(C)c1C. The first kappa shape index (κ1) is 31.2. The Morgan fingerprint density at radius 2 is 1.55 bits per heavy atom. The first-order valence-corrected chi connectivity index (χ1v) is 13.8. The lowest BCUT2D eigenvalue weighted by Gasteiger charge is -2.35. The molecule has 0 aliphatic carbocycles. The Morgan fingerprint density at radius 1 is 0.974 bits per heavy atom. The molecule has 0 aromatic heterocycles. The van der Waals surface area contributed by atoms with Gasteiger partial charge in [0.1, 0.15) is 17.7 Å². The van der Waals surface area contributed by atoms with Gasteiger partial charge in [0.15, 0.2) is 0 Å². The number of aryl methyl sites for hydroxylation is 3. The smallest absolute Gasteiger partial charge is 0.408 e. The Bertz CT molecular complexity index is 1120. The molecular formula is C30H43N3O4S. The van der Waals surface area contributed by atoms with Crippen LogP contribution in [-0.4, -0.2) is 46.7 Å². The lowest BCUT2D eigenvalue weighted by atomic mass is 9.94. The van der Waals surface area contributed by atoms with E-state index in [0.717, 1.165) is 39.9 Å². The molecule has 7 nitrogen and oxygen atoms in total. The van der Waals surface area contributed by atoms with Crippen LogP contribution < -0.4 is 10.6 Å². The summed E-state index contributed by atoms with van der Waals surface area (Å²) in [5.74, 6) is -0.642. The average Bonchev–Trinajstić information content (AvgIpc) is 2.83. The standard InChI is InChI=1S/C30H43N3O4S/c1-9-10-17-33(28(35)24(18-38)31-29(36)37-30(6,7)8)26(23-16-12-13-19(2)22(23)5)27(34)32-25-20(3)14-11-15-21(25)4/h11-16,24,26,38H,9-10,17-18H2,1-8H3,(H,31,36)(H,32,34). The van der Waals surface area contributed by atoms with Crippen molar-refractivity contribution in [2.24, 2.45) is 0 Å². The van der Waals surface area contributed by atoms with Crippen molar-refractivity contribution in [2.75, 3.05) is 17.6 Å². The molecule has 2 rings (SSSR count). The minimum Gasteiger partial charge on any atom is -0.444 e. The third-order valence-electron chi connectivity index (χ3n) is 6.44. The number of hydrogen-bond donors (Lipinski definition) is 3. The third-order valence-corrected chi connectivity index (χ3v) is 6.80. The highest BCUT2D eigenvalue weighted by Gasteiger charge is 2.36. The Labute approximate surface area is 233 Å². The molecule has 0 aliphatic heterocycles. The van der Waals surface area contributed by atoms with E-state index in [2.05, 4.69) is 23.3 Å². The molecule has 8 heteroatoms. The first-order chi connectivity index (χ1) is 17.8. The molecule has 2 atom stereocenters. The summed E-state index contributed by atoms with van der Waals surface area (Å²) < 4.78 is 5.38. The summed E-state index contributed by atoms with van der Waals surface area (Å²) in [4.78, 5) is 42.2. The van der Waals surface area contributed by atoms with Crippen LogP contribution in [0.15, 0.2) is 36.4 Å². The number of amides is 3. The fourth-order valence-electron chi connectivity index (χ4n) is 4.25. The minimum absolute atomic E-state index is 0.0543. The van der Waals surface area contributed by atoms with Crippen molar-refractivity contribution in [1.82, 2.24) is 10.2 Å². The number of hydrogen-bond acceptors (Lipinski definition) is 5. The number of alkyl carbamates (subject to hydrolysis) is 1. The molecule has 0 aliphatic rings. The monoisotopic (exact) mass is 541 g/mol. The van der Waals surface area contributed by atoms with Crippen molar-refractivity contribution < 1.29 is 19.1 Å². The molecule has 0 saturated carbocycles. The van der Waals surface area contributed by atoms with Gasteiger partial charge in [0.25, 0.3) is 5.91 Å². The molecule has 0 fully saturated rings. The fraction of sp³-hybridized carbons (Fsp3) is 0.500. The number of ether oxygens (including phenoxy) is 1. The van der Waals surface area contributed by atoms with Crippen LogP contribution in [0.2, 0.25) is 0 Å². The van der Waals surface area contributed by atoms with Crippen molar-refractivity contribution in [2.45, 2.75) is 85.9 Å². The van der Waals surface area contributed by atoms with Crippen molar-refractivity contribution in [3.05, 3.63) is 64.2 Å². The number of rotatable bonds is 10. The van der Waals surface area contributed by atoms with Gasteiger partial charge in [0.05, 0.1) is 0 Å².